The molecule has 0 aliphatic heterocycles. The Hall–Kier alpha value is -1.53. The number of nitriles is 1. The van der Waals surface area contributed by atoms with Gasteiger partial charge in [0.1, 0.15) is 5.75 Å². The van der Waals surface area contributed by atoms with Crippen molar-refractivity contribution in [3.63, 3.8) is 0 Å². The van der Waals surface area contributed by atoms with Crippen molar-refractivity contribution in [3.8, 4) is 11.8 Å². The van der Waals surface area contributed by atoms with Gasteiger partial charge in [0, 0.05) is 18.0 Å². The van der Waals surface area contributed by atoms with E-state index < -0.39 is 0 Å². The van der Waals surface area contributed by atoms with Crippen molar-refractivity contribution in [3.05, 3.63) is 28.8 Å². The highest BCUT2D eigenvalue weighted by Crippen LogP contribution is 2.34. The minimum absolute atomic E-state index is 0.221. The predicted molar refractivity (Wildman–Crippen MR) is 73.7 cm³/mol. The lowest BCUT2D eigenvalue weighted by Gasteiger charge is -2.26. The fourth-order valence-electron chi connectivity index (χ4n) is 2.41. The Morgan fingerprint density at radius 2 is 2.00 bits per heavy atom. The lowest BCUT2D eigenvalue weighted by atomic mass is 9.96. The zero-order chi connectivity index (χ0) is 13.7. The molecule has 18 heavy (non-hydrogen) atoms. The van der Waals surface area contributed by atoms with Gasteiger partial charge >= 0.3 is 0 Å². The fraction of sp³-hybridized carbons (Fsp3) is 0.533. The normalized spacial score (nSPS) is 12.3. The van der Waals surface area contributed by atoms with Crippen LogP contribution >= 0.6 is 0 Å². The van der Waals surface area contributed by atoms with E-state index >= 15 is 0 Å². The molecule has 0 amide bonds. The minimum Gasteiger partial charge on any atom is -0.496 e. The highest BCUT2D eigenvalue weighted by atomic mass is 16.5. The van der Waals surface area contributed by atoms with Gasteiger partial charge in [0.25, 0.3) is 0 Å². The van der Waals surface area contributed by atoms with Gasteiger partial charge in [-0.3, -0.25) is 0 Å². The molecule has 0 radical (unpaired) electrons. The monoisotopic (exact) mass is 246 g/mol. The molecule has 0 saturated carbocycles. The highest BCUT2D eigenvalue weighted by molar-refractivity contribution is 5.45. The molecule has 1 rings (SSSR count). The molecule has 0 saturated heterocycles. The lowest BCUT2D eigenvalue weighted by molar-refractivity contribution is 0.276. The van der Waals surface area contributed by atoms with E-state index in [0.29, 0.717) is 6.42 Å². The van der Waals surface area contributed by atoms with Crippen molar-refractivity contribution in [2.45, 2.75) is 32.7 Å². The van der Waals surface area contributed by atoms with E-state index in [-0.39, 0.29) is 6.04 Å². The molecule has 0 aliphatic rings. The van der Waals surface area contributed by atoms with Crippen molar-refractivity contribution in [1.29, 1.82) is 5.26 Å². The second-order valence-electron chi connectivity index (χ2n) is 4.88. The van der Waals surface area contributed by atoms with Crippen LogP contribution in [0.2, 0.25) is 0 Å². The molecule has 1 atom stereocenters. The summed E-state index contributed by atoms with van der Waals surface area (Å²) in [5.74, 6) is 0.942. The van der Waals surface area contributed by atoms with Crippen molar-refractivity contribution in [2.75, 3.05) is 21.2 Å². The molecule has 0 fully saturated rings. The van der Waals surface area contributed by atoms with Gasteiger partial charge in [0.05, 0.1) is 13.2 Å². The first kappa shape index (κ1) is 14.5. The van der Waals surface area contributed by atoms with Crippen molar-refractivity contribution >= 4 is 0 Å². The van der Waals surface area contributed by atoms with Gasteiger partial charge in [0.2, 0.25) is 0 Å². The molecule has 0 bridgehead atoms. The summed E-state index contributed by atoms with van der Waals surface area (Å²) in [7, 11) is 5.79. The molecule has 3 nitrogen and oxygen atoms in total. The second-order valence-corrected chi connectivity index (χ2v) is 4.88. The summed E-state index contributed by atoms with van der Waals surface area (Å²) in [6.07, 6.45) is 1.38. The Labute approximate surface area is 110 Å². The molecular weight excluding hydrogens is 224 g/mol. The average Bonchev–Trinajstić information content (AvgIpc) is 2.28. The number of benzene rings is 1. The summed E-state index contributed by atoms with van der Waals surface area (Å²) in [5, 5.41) is 8.78. The largest absolute Gasteiger partial charge is 0.496 e. The molecule has 0 aromatic heterocycles. The van der Waals surface area contributed by atoms with E-state index in [9.17, 15) is 0 Å². The van der Waals surface area contributed by atoms with Crippen LogP contribution in [0, 0.1) is 25.2 Å². The SMILES string of the molecule is COc1c(C)cc(C)cc1C(CCC#N)N(C)C. The van der Waals surface area contributed by atoms with Crippen molar-refractivity contribution < 1.29 is 4.74 Å². The molecular formula is C15H22N2O. The van der Waals surface area contributed by atoms with Gasteiger partial charge in [-0.15, -0.1) is 0 Å². The molecule has 1 unspecified atom stereocenters. The minimum atomic E-state index is 0.221. The molecule has 0 N–H and O–H groups in total. The van der Waals surface area contributed by atoms with Crippen LogP contribution in [-0.2, 0) is 0 Å². The summed E-state index contributed by atoms with van der Waals surface area (Å²) >= 11 is 0. The van der Waals surface area contributed by atoms with Crippen LogP contribution in [0.15, 0.2) is 12.1 Å². The van der Waals surface area contributed by atoms with E-state index in [4.69, 9.17) is 10.00 Å². The van der Waals surface area contributed by atoms with Gasteiger partial charge in [-0.2, -0.15) is 5.26 Å². The van der Waals surface area contributed by atoms with Gasteiger partial charge in [-0.1, -0.05) is 17.7 Å². The number of aryl methyl sites for hydroxylation is 2. The molecule has 0 spiro atoms. The Kier molecular flexibility index (Phi) is 5.18. The molecule has 1 aromatic carbocycles. The van der Waals surface area contributed by atoms with Crippen LogP contribution in [-0.4, -0.2) is 26.1 Å². The number of hydrogen-bond donors (Lipinski definition) is 0. The van der Waals surface area contributed by atoms with Gasteiger partial charge < -0.3 is 9.64 Å². The zero-order valence-electron chi connectivity index (χ0n) is 11.9. The van der Waals surface area contributed by atoms with Crippen molar-refractivity contribution in [2.24, 2.45) is 0 Å². The van der Waals surface area contributed by atoms with Crippen LogP contribution in [0.3, 0.4) is 0 Å². The Morgan fingerprint density at radius 1 is 1.33 bits per heavy atom. The number of methoxy groups -OCH3 is 1. The Bertz CT molecular complexity index is 447. The van der Waals surface area contributed by atoms with Gasteiger partial charge in [-0.05, 0) is 39.9 Å². The summed E-state index contributed by atoms with van der Waals surface area (Å²) in [6.45, 7) is 4.15. The average molecular weight is 246 g/mol. The van der Waals surface area contributed by atoms with E-state index in [1.165, 1.54) is 11.1 Å². The Balaban J connectivity index is 3.22. The fourth-order valence-corrected chi connectivity index (χ4v) is 2.41. The Morgan fingerprint density at radius 3 is 2.50 bits per heavy atom. The standard InChI is InChI=1S/C15H22N2O/c1-11-9-12(2)15(18-5)13(10-11)14(17(3)4)7-6-8-16/h9-10,14H,6-7H2,1-5H3. The first-order valence-electron chi connectivity index (χ1n) is 6.19. The number of ether oxygens (including phenoxy) is 1. The molecule has 3 heteroatoms. The molecule has 1 aromatic rings. The van der Waals surface area contributed by atoms with E-state index in [0.717, 1.165) is 17.7 Å². The first-order valence-corrected chi connectivity index (χ1v) is 6.19. The highest BCUT2D eigenvalue weighted by Gasteiger charge is 2.19. The summed E-state index contributed by atoms with van der Waals surface area (Å²) in [6, 6.07) is 6.73. The van der Waals surface area contributed by atoms with E-state index in [1.54, 1.807) is 7.11 Å². The van der Waals surface area contributed by atoms with Crippen LogP contribution in [0.4, 0.5) is 0 Å². The van der Waals surface area contributed by atoms with Crippen molar-refractivity contribution in [1.82, 2.24) is 4.90 Å². The van der Waals surface area contributed by atoms with Crippen LogP contribution in [0.25, 0.3) is 0 Å². The topological polar surface area (TPSA) is 36.3 Å². The van der Waals surface area contributed by atoms with Gasteiger partial charge in [0.15, 0.2) is 0 Å². The molecule has 98 valence electrons. The van der Waals surface area contributed by atoms with Crippen LogP contribution in [0.1, 0.15) is 35.6 Å². The maximum absolute atomic E-state index is 8.78. The smallest absolute Gasteiger partial charge is 0.126 e. The lowest BCUT2D eigenvalue weighted by Crippen LogP contribution is -2.21. The summed E-state index contributed by atoms with van der Waals surface area (Å²) in [5.41, 5.74) is 3.55. The third-order valence-electron chi connectivity index (χ3n) is 3.16. The number of nitrogens with zero attached hydrogens (tertiary/aromatic N) is 2. The van der Waals surface area contributed by atoms with Crippen LogP contribution in [0.5, 0.6) is 5.75 Å². The third kappa shape index (κ3) is 3.24. The predicted octanol–water partition coefficient (Wildman–Crippen LogP) is 3.22. The van der Waals surface area contributed by atoms with E-state index in [1.807, 2.05) is 14.1 Å². The quantitative estimate of drug-likeness (QED) is 0.800. The maximum Gasteiger partial charge on any atom is 0.126 e. The zero-order valence-corrected chi connectivity index (χ0v) is 11.9. The first-order chi connectivity index (χ1) is 8.51. The van der Waals surface area contributed by atoms with E-state index in [2.05, 4.69) is 36.9 Å². The number of hydrogen-bond acceptors (Lipinski definition) is 3. The maximum atomic E-state index is 8.78. The van der Waals surface area contributed by atoms with Crippen LogP contribution < -0.4 is 4.74 Å². The third-order valence-corrected chi connectivity index (χ3v) is 3.16. The van der Waals surface area contributed by atoms with Gasteiger partial charge in [-0.25, -0.2) is 0 Å². The summed E-state index contributed by atoms with van der Waals surface area (Å²) < 4.78 is 5.53. The second kappa shape index (κ2) is 6.42. The molecule has 0 heterocycles. The summed E-state index contributed by atoms with van der Waals surface area (Å²) in [4.78, 5) is 2.15. The number of rotatable bonds is 5. The molecule has 0 aliphatic carbocycles.